The number of amides is 2. The lowest BCUT2D eigenvalue weighted by Gasteiger charge is -2.00. The van der Waals surface area contributed by atoms with Crippen LogP contribution in [0.5, 0.6) is 0 Å². The van der Waals surface area contributed by atoms with Crippen molar-refractivity contribution in [2.24, 2.45) is 9.98 Å². The van der Waals surface area contributed by atoms with Crippen molar-refractivity contribution < 1.29 is 4.79 Å². The van der Waals surface area contributed by atoms with E-state index in [-0.39, 0.29) is 6.03 Å². The third-order valence-corrected chi connectivity index (χ3v) is 1.48. The number of allylic oxidation sites excluding steroid dienone is 1. The Labute approximate surface area is 71.1 Å². The minimum absolute atomic E-state index is 0.390. The Morgan fingerprint density at radius 2 is 2.17 bits per heavy atom. The maximum absolute atomic E-state index is 10.9. The van der Waals surface area contributed by atoms with Gasteiger partial charge in [0, 0.05) is 12.3 Å². The van der Waals surface area contributed by atoms with Crippen LogP contribution in [0.2, 0.25) is 0 Å². The molecule has 0 aliphatic carbocycles. The van der Waals surface area contributed by atoms with Crippen molar-refractivity contribution in [3.05, 3.63) is 5.70 Å². The summed E-state index contributed by atoms with van der Waals surface area (Å²) in [7, 11) is 0. The van der Waals surface area contributed by atoms with Gasteiger partial charge in [0.25, 0.3) is 0 Å². The molecule has 0 spiro atoms. The number of amidine groups is 1. The fourth-order valence-electron chi connectivity index (χ4n) is 0.808. The molecule has 0 atom stereocenters. The number of hydrogen-bond donors (Lipinski definition) is 1. The van der Waals surface area contributed by atoms with Crippen molar-refractivity contribution >= 4 is 17.7 Å². The first-order chi connectivity index (χ1) is 5.76. The number of rotatable bonds is 2. The predicted molar refractivity (Wildman–Crippen MR) is 47.5 cm³/mol. The Balaban J connectivity index is 2.97. The molecule has 1 N–H and O–H groups in total. The molecule has 0 bridgehead atoms. The lowest BCUT2D eigenvalue weighted by atomic mass is 10.3. The van der Waals surface area contributed by atoms with E-state index in [9.17, 15) is 4.79 Å². The lowest BCUT2D eigenvalue weighted by Crippen LogP contribution is -2.26. The summed E-state index contributed by atoms with van der Waals surface area (Å²) in [5.74, 6) is 3.25. The van der Waals surface area contributed by atoms with E-state index in [0.717, 1.165) is 6.42 Å². The van der Waals surface area contributed by atoms with Gasteiger partial charge in [0.2, 0.25) is 0 Å². The van der Waals surface area contributed by atoms with Gasteiger partial charge in [-0.25, -0.2) is 9.79 Å². The molecule has 12 heavy (non-hydrogen) atoms. The topological polar surface area (TPSA) is 53.8 Å². The average molecular weight is 165 g/mol. The van der Waals surface area contributed by atoms with Crippen LogP contribution in [0.1, 0.15) is 26.7 Å². The zero-order valence-corrected chi connectivity index (χ0v) is 7.22. The Bertz CT molecular complexity index is 285. The summed E-state index contributed by atoms with van der Waals surface area (Å²) >= 11 is 0. The highest BCUT2D eigenvalue weighted by atomic mass is 16.2. The van der Waals surface area contributed by atoms with Crippen molar-refractivity contribution in [2.75, 3.05) is 0 Å². The molecular formula is C8H11N3O. The van der Waals surface area contributed by atoms with E-state index in [1.165, 1.54) is 0 Å². The van der Waals surface area contributed by atoms with Gasteiger partial charge >= 0.3 is 6.03 Å². The second kappa shape index (κ2) is 3.83. The van der Waals surface area contributed by atoms with E-state index in [1.54, 1.807) is 0 Å². The van der Waals surface area contributed by atoms with Gasteiger partial charge in [0.05, 0.1) is 0 Å². The van der Waals surface area contributed by atoms with Gasteiger partial charge < -0.3 is 0 Å². The number of carbonyl (C=O) groups excluding carboxylic acids is 1. The molecule has 1 aliphatic rings. The number of nitrogens with zero attached hydrogens (tertiary/aromatic N) is 2. The van der Waals surface area contributed by atoms with Crippen molar-refractivity contribution in [2.45, 2.75) is 26.7 Å². The van der Waals surface area contributed by atoms with Gasteiger partial charge in [-0.2, -0.15) is 0 Å². The van der Waals surface area contributed by atoms with Gasteiger partial charge in [-0.05, 0) is 6.42 Å². The van der Waals surface area contributed by atoms with Gasteiger partial charge in [0.1, 0.15) is 11.5 Å². The van der Waals surface area contributed by atoms with Crippen molar-refractivity contribution in [3.8, 4) is 0 Å². The summed E-state index contributed by atoms with van der Waals surface area (Å²) in [6.45, 7) is 3.88. The Morgan fingerprint density at radius 1 is 1.42 bits per heavy atom. The Kier molecular flexibility index (Phi) is 2.77. The first kappa shape index (κ1) is 8.68. The first-order valence-electron chi connectivity index (χ1n) is 3.97. The quantitative estimate of drug-likeness (QED) is 0.662. The zero-order valence-electron chi connectivity index (χ0n) is 7.22. The molecule has 0 aromatic carbocycles. The van der Waals surface area contributed by atoms with Gasteiger partial charge in [-0.15, -0.1) is 4.99 Å². The second-order valence-electron chi connectivity index (χ2n) is 2.37. The molecule has 0 saturated heterocycles. The smallest absolute Gasteiger partial charge is 0.293 e. The van der Waals surface area contributed by atoms with Crippen molar-refractivity contribution in [3.63, 3.8) is 0 Å². The zero-order chi connectivity index (χ0) is 8.97. The minimum atomic E-state index is -0.390. The average Bonchev–Trinajstić information content (AvgIpc) is 2.26. The molecule has 1 heterocycles. The molecule has 1 rings (SSSR count). The molecule has 4 heteroatoms. The number of hydrogen-bond acceptors (Lipinski definition) is 2. The molecular weight excluding hydrogens is 154 g/mol. The standard InChI is InChI=1S/C8H11N3O/c1-3-6-5-9-8(12)11-7(4-2)10-6/h3-4H2,1-2H3,(H,10,11,12). The Hall–Kier alpha value is -1.41. The van der Waals surface area contributed by atoms with Gasteiger partial charge in [-0.1, -0.05) is 13.8 Å². The van der Waals surface area contributed by atoms with E-state index >= 15 is 0 Å². The number of carbonyl (C=O) groups is 1. The van der Waals surface area contributed by atoms with Crippen LogP contribution < -0.4 is 5.32 Å². The highest BCUT2D eigenvalue weighted by Crippen LogP contribution is 2.01. The summed E-state index contributed by atoms with van der Waals surface area (Å²) in [6, 6.07) is -0.390. The molecule has 4 nitrogen and oxygen atoms in total. The van der Waals surface area contributed by atoms with E-state index < -0.39 is 0 Å². The highest BCUT2D eigenvalue weighted by molar-refractivity contribution is 6.01. The number of urea groups is 1. The highest BCUT2D eigenvalue weighted by Gasteiger charge is 2.05. The summed E-state index contributed by atoms with van der Waals surface area (Å²) in [5, 5.41) is 2.55. The largest absolute Gasteiger partial charge is 0.354 e. The monoisotopic (exact) mass is 165 g/mol. The maximum atomic E-state index is 10.9. The predicted octanol–water partition coefficient (Wildman–Crippen LogP) is 1.48. The van der Waals surface area contributed by atoms with Crippen LogP contribution in [0.25, 0.3) is 0 Å². The maximum Gasteiger partial charge on any atom is 0.354 e. The number of nitrogens with one attached hydrogen (secondary N) is 1. The van der Waals surface area contributed by atoms with Crippen LogP contribution in [0, 0.1) is 0 Å². The van der Waals surface area contributed by atoms with Gasteiger partial charge in [-0.3, -0.25) is 5.32 Å². The normalized spacial score (nSPS) is 16.3. The van der Waals surface area contributed by atoms with E-state index in [4.69, 9.17) is 0 Å². The van der Waals surface area contributed by atoms with Crippen LogP contribution in [0.15, 0.2) is 15.7 Å². The fraction of sp³-hybridized carbons (Fsp3) is 0.500. The summed E-state index contributed by atoms with van der Waals surface area (Å²) in [5.41, 5.74) is 0.713. The molecule has 0 saturated carbocycles. The summed E-state index contributed by atoms with van der Waals surface area (Å²) in [4.78, 5) is 18.6. The summed E-state index contributed by atoms with van der Waals surface area (Å²) < 4.78 is 0. The van der Waals surface area contributed by atoms with E-state index in [1.807, 2.05) is 13.8 Å². The van der Waals surface area contributed by atoms with Crippen LogP contribution in [-0.2, 0) is 0 Å². The van der Waals surface area contributed by atoms with Crippen molar-refractivity contribution in [1.82, 2.24) is 5.32 Å². The third-order valence-electron chi connectivity index (χ3n) is 1.48. The van der Waals surface area contributed by atoms with E-state index in [0.29, 0.717) is 18.0 Å². The fourth-order valence-corrected chi connectivity index (χ4v) is 0.808. The molecule has 64 valence electrons. The molecule has 0 aromatic rings. The van der Waals surface area contributed by atoms with Crippen LogP contribution in [0.3, 0.4) is 0 Å². The molecule has 0 aromatic heterocycles. The van der Waals surface area contributed by atoms with Gasteiger partial charge in [0.15, 0.2) is 0 Å². The van der Waals surface area contributed by atoms with Crippen molar-refractivity contribution in [1.29, 1.82) is 0 Å². The van der Waals surface area contributed by atoms with E-state index in [2.05, 4.69) is 21.2 Å². The molecule has 2 amide bonds. The lowest BCUT2D eigenvalue weighted by molar-refractivity contribution is 0.253. The van der Waals surface area contributed by atoms with Crippen LogP contribution in [-0.4, -0.2) is 17.7 Å². The van der Waals surface area contributed by atoms with Crippen LogP contribution in [0.4, 0.5) is 4.79 Å². The molecule has 0 unspecified atom stereocenters. The molecule has 0 radical (unpaired) electrons. The summed E-state index contributed by atoms with van der Waals surface area (Å²) in [6.07, 6.45) is 1.44. The molecule has 0 fully saturated rings. The molecule has 1 aliphatic heterocycles. The first-order valence-corrected chi connectivity index (χ1v) is 3.97. The third kappa shape index (κ3) is 2.04. The minimum Gasteiger partial charge on any atom is -0.293 e. The number of aliphatic imine (C=N–C) groups is 2. The Morgan fingerprint density at radius 3 is 2.75 bits per heavy atom. The second-order valence-corrected chi connectivity index (χ2v) is 2.37. The van der Waals surface area contributed by atoms with Crippen LogP contribution >= 0.6 is 0 Å². The SMILES string of the molecule is CCC1=C=NC(=O)NC(CC)=N1.